The molecule has 9 heteroatoms. The largest absolute Gasteiger partial charge is 0.493 e. The van der Waals surface area contributed by atoms with Crippen molar-refractivity contribution >= 4 is 29.6 Å². The van der Waals surface area contributed by atoms with Gasteiger partial charge in [-0.05, 0) is 43.3 Å². The highest BCUT2D eigenvalue weighted by Crippen LogP contribution is 2.28. The van der Waals surface area contributed by atoms with E-state index in [2.05, 4.69) is 10.5 Å². The summed E-state index contributed by atoms with van der Waals surface area (Å²) in [6.45, 7) is 2.04. The van der Waals surface area contributed by atoms with Gasteiger partial charge in [0.15, 0.2) is 18.1 Å². The number of halogens is 1. The van der Waals surface area contributed by atoms with Crippen LogP contribution in [0.2, 0.25) is 5.02 Å². The topological polar surface area (TPSA) is 112 Å². The molecule has 0 aliphatic carbocycles. The molecule has 3 N–H and O–H groups in total. The molecule has 2 amide bonds. The van der Waals surface area contributed by atoms with Gasteiger partial charge in [-0.3, -0.25) is 9.59 Å². The van der Waals surface area contributed by atoms with Crippen molar-refractivity contribution in [3.05, 3.63) is 52.5 Å². The summed E-state index contributed by atoms with van der Waals surface area (Å²) in [7, 11) is 1.49. The standard InChI is InChI=1S/C19H20ClN3O5/c1-3-27-16-6-4-12(9-17(16)26-2)19(25)23-22-10-13-8-14(20)5-7-15(13)28-11-18(21)24/h4-10H,3,11H2,1-2H3,(H2,21,24)(H,23,25)/b22-10+. The number of ether oxygens (including phenoxy) is 3. The molecule has 0 heterocycles. The zero-order valence-corrected chi connectivity index (χ0v) is 16.2. The number of primary amides is 1. The first kappa shape index (κ1) is 21.0. The molecule has 148 valence electrons. The summed E-state index contributed by atoms with van der Waals surface area (Å²) >= 11 is 5.97. The van der Waals surface area contributed by atoms with Crippen molar-refractivity contribution in [3.8, 4) is 17.2 Å². The number of carbonyl (C=O) groups excluding carboxylic acids is 2. The fourth-order valence-electron chi connectivity index (χ4n) is 2.21. The third kappa shape index (κ3) is 5.88. The Morgan fingerprint density at radius 2 is 1.89 bits per heavy atom. The number of amides is 2. The van der Waals surface area contributed by atoms with Crippen molar-refractivity contribution in [2.75, 3.05) is 20.3 Å². The molecular weight excluding hydrogens is 386 g/mol. The molecule has 2 aromatic rings. The monoisotopic (exact) mass is 405 g/mol. The summed E-state index contributed by atoms with van der Waals surface area (Å²) in [5.41, 5.74) is 8.30. The Labute approximate surface area is 167 Å². The Bertz CT molecular complexity index is 886. The van der Waals surface area contributed by atoms with Gasteiger partial charge >= 0.3 is 0 Å². The number of benzene rings is 2. The lowest BCUT2D eigenvalue weighted by Crippen LogP contribution is -2.20. The Morgan fingerprint density at radius 3 is 2.57 bits per heavy atom. The summed E-state index contributed by atoms with van der Waals surface area (Å²) < 4.78 is 15.9. The number of nitrogens with zero attached hydrogens (tertiary/aromatic N) is 1. The summed E-state index contributed by atoms with van der Waals surface area (Å²) in [6, 6.07) is 9.54. The molecule has 8 nitrogen and oxygen atoms in total. The predicted octanol–water partition coefficient (Wildman–Crippen LogP) is 2.38. The van der Waals surface area contributed by atoms with Crippen LogP contribution in [0.15, 0.2) is 41.5 Å². The van der Waals surface area contributed by atoms with Gasteiger partial charge in [-0.25, -0.2) is 5.43 Å². The smallest absolute Gasteiger partial charge is 0.271 e. The van der Waals surface area contributed by atoms with Gasteiger partial charge in [0.2, 0.25) is 0 Å². The average Bonchev–Trinajstić information content (AvgIpc) is 2.67. The molecule has 0 aliphatic rings. The van der Waals surface area contributed by atoms with E-state index in [-0.39, 0.29) is 6.61 Å². The summed E-state index contributed by atoms with van der Waals surface area (Å²) in [5, 5.41) is 4.35. The third-order valence-electron chi connectivity index (χ3n) is 3.44. The van der Waals surface area contributed by atoms with Crippen molar-refractivity contribution in [3.63, 3.8) is 0 Å². The predicted molar refractivity (Wildman–Crippen MR) is 105 cm³/mol. The van der Waals surface area contributed by atoms with Crippen LogP contribution in [0.4, 0.5) is 0 Å². The summed E-state index contributed by atoms with van der Waals surface area (Å²) in [6.07, 6.45) is 1.35. The molecule has 2 aromatic carbocycles. The van der Waals surface area contributed by atoms with E-state index < -0.39 is 11.8 Å². The van der Waals surface area contributed by atoms with E-state index in [1.807, 2.05) is 6.92 Å². The third-order valence-corrected chi connectivity index (χ3v) is 3.67. The number of methoxy groups -OCH3 is 1. The van der Waals surface area contributed by atoms with E-state index in [1.165, 1.54) is 13.3 Å². The minimum Gasteiger partial charge on any atom is -0.493 e. The van der Waals surface area contributed by atoms with Gasteiger partial charge in [0, 0.05) is 16.1 Å². The van der Waals surface area contributed by atoms with Crippen LogP contribution in [0.25, 0.3) is 0 Å². The number of rotatable bonds is 9. The fourth-order valence-corrected chi connectivity index (χ4v) is 2.39. The fraction of sp³-hybridized carbons (Fsp3) is 0.211. The maximum atomic E-state index is 12.3. The van der Waals surface area contributed by atoms with E-state index in [0.717, 1.165) is 0 Å². The van der Waals surface area contributed by atoms with E-state index >= 15 is 0 Å². The van der Waals surface area contributed by atoms with E-state index in [0.29, 0.717) is 40.0 Å². The number of hydrogen-bond acceptors (Lipinski definition) is 6. The van der Waals surface area contributed by atoms with Gasteiger partial charge in [0.25, 0.3) is 11.8 Å². The quantitative estimate of drug-likeness (QED) is 0.491. The Kier molecular flexibility index (Phi) is 7.65. The second kappa shape index (κ2) is 10.2. The zero-order valence-electron chi connectivity index (χ0n) is 15.4. The van der Waals surface area contributed by atoms with E-state index in [9.17, 15) is 9.59 Å². The van der Waals surface area contributed by atoms with Crippen LogP contribution in [0.1, 0.15) is 22.8 Å². The minimum atomic E-state index is -0.615. The molecule has 0 aliphatic heterocycles. The number of hydrogen-bond donors (Lipinski definition) is 2. The molecule has 0 aromatic heterocycles. The molecule has 0 spiro atoms. The molecule has 0 fully saturated rings. The number of hydrazone groups is 1. The van der Waals surface area contributed by atoms with Gasteiger partial charge in [0.1, 0.15) is 5.75 Å². The highest BCUT2D eigenvalue weighted by atomic mass is 35.5. The van der Waals surface area contributed by atoms with Crippen molar-refractivity contribution in [2.45, 2.75) is 6.92 Å². The lowest BCUT2D eigenvalue weighted by molar-refractivity contribution is -0.119. The molecule has 28 heavy (non-hydrogen) atoms. The molecule has 0 bridgehead atoms. The summed E-state index contributed by atoms with van der Waals surface area (Å²) in [4.78, 5) is 23.2. The second-order valence-electron chi connectivity index (χ2n) is 5.43. The molecule has 0 saturated heterocycles. The van der Waals surface area contributed by atoms with Crippen LogP contribution in [0.5, 0.6) is 17.2 Å². The maximum absolute atomic E-state index is 12.3. The van der Waals surface area contributed by atoms with Crippen molar-refractivity contribution in [1.29, 1.82) is 0 Å². The highest BCUT2D eigenvalue weighted by Gasteiger charge is 2.11. The number of nitrogens with two attached hydrogens (primary N) is 1. The van der Waals surface area contributed by atoms with Gasteiger partial charge in [-0.15, -0.1) is 0 Å². The first-order chi connectivity index (χ1) is 13.4. The van der Waals surface area contributed by atoms with Crippen LogP contribution in [-0.2, 0) is 4.79 Å². The number of carbonyl (C=O) groups is 2. The Balaban J connectivity index is 2.11. The Morgan fingerprint density at radius 1 is 1.14 bits per heavy atom. The molecular formula is C19H20ClN3O5. The van der Waals surface area contributed by atoms with Crippen molar-refractivity contribution in [2.24, 2.45) is 10.8 Å². The molecule has 0 saturated carbocycles. The van der Waals surface area contributed by atoms with Crippen molar-refractivity contribution < 1.29 is 23.8 Å². The van der Waals surface area contributed by atoms with Gasteiger partial charge in [-0.1, -0.05) is 11.6 Å². The van der Waals surface area contributed by atoms with E-state index in [1.54, 1.807) is 36.4 Å². The molecule has 2 rings (SSSR count). The lowest BCUT2D eigenvalue weighted by Gasteiger charge is -2.10. The average molecular weight is 406 g/mol. The normalized spacial score (nSPS) is 10.5. The molecule has 0 atom stereocenters. The van der Waals surface area contributed by atoms with Gasteiger partial charge in [0.05, 0.1) is 19.9 Å². The first-order valence-corrected chi connectivity index (χ1v) is 8.67. The zero-order chi connectivity index (χ0) is 20.5. The maximum Gasteiger partial charge on any atom is 0.271 e. The van der Waals surface area contributed by atoms with E-state index in [4.69, 9.17) is 31.5 Å². The van der Waals surface area contributed by atoms with Crippen LogP contribution >= 0.6 is 11.6 Å². The minimum absolute atomic E-state index is 0.291. The highest BCUT2D eigenvalue weighted by molar-refractivity contribution is 6.30. The lowest BCUT2D eigenvalue weighted by atomic mass is 10.2. The van der Waals surface area contributed by atoms with Gasteiger partial charge < -0.3 is 19.9 Å². The Hall–Kier alpha value is -3.26. The van der Waals surface area contributed by atoms with Crippen LogP contribution < -0.4 is 25.4 Å². The number of nitrogens with one attached hydrogen (secondary N) is 1. The van der Waals surface area contributed by atoms with Crippen molar-refractivity contribution in [1.82, 2.24) is 5.43 Å². The molecule has 0 unspecified atom stereocenters. The second-order valence-corrected chi connectivity index (χ2v) is 5.87. The van der Waals surface area contributed by atoms with Crippen LogP contribution in [-0.4, -0.2) is 38.4 Å². The summed E-state index contributed by atoms with van der Waals surface area (Å²) in [5.74, 6) is 0.273. The first-order valence-electron chi connectivity index (χ1n) is 8.29. The van der Waals surface area contributed by atoms with Crippen LogP contribution in [0.3, 0.4) is 0 Å². The SMILES string of the molecule is CCOc1ccc(C(=O)N/N=C/c2cc(Cl)ccc2OCC(N)=O)cc1OC. The van der Waals surface area contributed by atoms with Crippen LogP contribution in [0, 0.1) is 0 Å². The molecule has 0 radical (unpaired) electrons. The van der Waals surface area contributed by atoms with Gasteiger partial charge in [-0.2, -0.15) is 5.10 Å².